The summed E-state index contributed by atoms with van der Waals surface area (Å²) in [6.45, 7) is 9.20. The molecule has 5 atom stereocenters. The molecule has 5 N–H and O–H groups in total. The summed E-state index contributed by atoms with van der Waals surface area (Å²) in [7, 11) is 2.15. The molecule has 0 spiro atoms. The van der Waals surface area contributed by atoms with Gasteiger partial charge >= 0.3 is 251 Å². The van der Waals surface area contributed by atoms with Crippen LogP contribution in [0.25, 0.3) is 0 Å². The van der Waals surface area contributed by atoms with E-state index >= 15 is 0 Å². The minimum absolute atomic E-state index is 0.0655. The molecule has 1 aromatic rings. The molecular weight excluding hydrogens is 623 g/mol. The van der Waals surface area contributed by atoms with E-state index in [0.29, 0.717) is 18.4 Å². The zero-order chi connectivity index (χ0) is 32.3. The summed E-state index contributed by atoms with van der Waals surface area (Å²) in [6, 6.07) is 6.11. The number of carbonyl (C=O) groups is 5. The Morgan fingerprint density at radius 3 is 2.30 bits per heavy atom. The Kier molecular flexibility index (Phi) is 13.7. The first-order chi connectivity index (χ1) is 20.9. The van der Waals surface area contributed by atoms with Crippen LogP contribution in [-0.2, 0) is 24.0 Å². The molecule has 0 bridgehead atoms. The predicted molar refractivity (Wildman–Crippen MR) is 172 cm³/mol. The third-order valence-corrected chi connectivity index (χ3v) is 12.3. The number of nitrogens with zero attached hydrogens (tertiary/aromatic N) is 1. The molecule has 3 rings (SSSR count). The molecular formula is C32H51AsN6O5. The van der Waals surface area contributed by atoms with E-state index in [9.17, 15) is 24.0 Å². The van der Waals surface area contributed by atoms with Crippen LogP contribution in [0.15, 0.2) is 30.3 Å². The maximum atomic E-state index is 13.8. The zero-order valence-corrected chi connectivity index (χ0v) is 28.9. The Morgan fingerprint density at radius 1 is 1.00 bits per heavy atom. The van der Waals surface area contributed by atoms with Crippen molar-refractivity contribution in [2.75, 3.05) is 26.7 Å². The van der Waals surface area contributed by atoms with Gasteiger partial charge < -0.3 is 0 Å². The van der Waals surface area contributed by atoms with Gasteiger partial charge in [-0.05, 0) is 0 Å². The monoisotopic (exact) mass is 674 g/mol. The summed E-state index contributed by atoms with van der Waals surface area (Å²) in [5.74, 6) is -2.55. The molecule has 12 heteroatoms. The zero-order valence-electron chi connectivity index (χ0n) is 26.8. The van der Waals surface area contributed by atoms with Crippen LogP contribution in [0.3, 0.4) is 0 Å². The fourth-order valence-electron chi connectivity index (χ4n) is 5.41. The number of amides is 5. The topological polar surface area (TPSA) is 149 Å². The second kappa shape index (κ2) is 17.0. The number of rotatable bonds is 9. The van der Waals surface area contributed by atoms with Gasteiger partial charge in [-0.25, -0.2) is 0 Å². The number of likely N-dealkylation sites (tertiary alicyclic amines) is 1. The van der Waals surface area contributed by atoms with E-state index in [4.69, 9.17) is 0 Å². The van der Waals surface area contributed by atoms with Gasteiger partial charge in [0, 0.05) is 0 Å². The Bertz CT molecular complexity index is 1140. The number of hydrogen-bond donors (Lipinski definition) is 5. The molecule has 44 heavy (non-hydrogen) atoms. The van der Waals surface area contributed by atoms with Crippen LogP contribution in [0.5, 0.6) is 0 Å². The Hall–Kier alpha value is -2.91. The van der Waals surface area contributed by atoms with Crippen molar-refractivity contribution in [3.05, 3.63) is 35.9 Å². The van der Waals surface area contributed by atoms with Gasteiger partial charge in [-0.1, -0.05) is 18.2 Å². The van der Waals surface area contributed by atoms with Gasteiger partial charge in [0.25, 0.3) is 0 Å². The second-order valence-corrected chi connectivity index (χ2v) is 16.2. The Morgan fingerprint density at radius 2 is 1.66 bits per heavy atom. The van der Waals surface area contributed by atoms with E-state index in [1.807, 2.05) is 6.07 Å². The quantitative estimate of drug-likeness (QED) is 0.198. The van der Waals surface area contributed by atoms with Crippen molar-refractivity contribution < 1.29 is 24.0 Å². The molecule has 2 fully saturated rings. The SMILES string of the molecule is CC[C@@H]1NC(=O)[C@H](CCC[AsH]C2CCN(C)CC2)NC(=O)[C@](C)(NC(=O)C(C)C)CCNC(=O)[C@@H](c2ccccc2)NC1=O. The normalized spacial score (nSPS) is 26.9. The number of piperidine rings is 1. The maximum absolute atomic E-state index is 13.8. The van der Waals surface area contributed by atoms with Gasteiger partial charge in [0.05, 0.1) is 0 Å². The van der Waals surface area contributed by atoms with Crippen molar-refractivity contribution >= 4 is 45.3 Å². The molecule has 2 aliphatic heterocycles. The fraction of sp³-hybridized carbons (Fsp3) is 0.656. The van der Waals surface area contributed by atoms with Crippen LogP contribution in [0.1, 0.15) is 77.8 Å². The van der Waals surface area contributed by atoms with Crippen LogP contribution in [0.4, 0.5) is 0 Å². The Balaban J connectivity index is 1.84. The fourth-order valence-corrected chi connectivity index (χ4v) is 8.52. The number of benzene rings is 1. The van der Waals surface area contributed by atoms with Crippen molar-refractivity contribution in [3.8, 4) is 0 Å². The molecule has 1 aromatic carbocycles. The molecule has 2 saturated heterocycles. The van der Waals surface area contributed by atoms with Crippen molar-refractivity contribution in [3.63, 3.8) is 0 Å². The van der Waals surface area contributed by atoms with Crippen molar-refractivity contribution in [1.82, 2.24) is 31.5 Å². The van der Waals surface area contributed by atoms with Crippen LogP contribution in [0.2, 0.25) is 9.91 Å². The first-order valence-corrected chi connectivity index (χ1v) is 18.6. The average molecular weight is 675 g/mol. The van der Waals surface area contributed by atoms with Crippen molar-refractivity contribution in [2.45, 2.75) is 99.8 Å². The number of hydrogen-bond acceptors (Lipinski definition) is 6. The summed E-state index contributed by atoms with van der Waals surface area (Å²) >= 11 is -0.180. The third kappa shape index (κ3) is 10.3. The first kappa shape index (κ1) is 35.6. The van der Waals surface area contributed by atoms with E-state index in [0.717, 1.165) is 29.4 Å². The van der Waals surface area contributed by atoms with E-state index in [-0.39, 0.29) is 40.5 Å². The first-order valence-electron chi connectivity index (χ1n) is 15.9. The van der Waals surface area contributed by atoms with Gasteiger partial charge in [-0.2, -0.15) is 0 Å². The molecule has 244 valence electrons. The molecule has 0 aliphatic carbocycles. The van der Waals surface area contributed by atoms with Gasteiger partial charge in [0.15, 0.2) is 0 Å². The molecule has 0 aromatic heterocycles. The third-order valence-electron chi connectivity index (χ3n) is 8.51. The van der Waals surface area contributed by atoms with Crippen LogP contribution < -0.4 is 26.6 Å². The second-order valence-electron chi connectivity index (χ2n) is 12.5. The van der Waals surface area contributed by atoms with Gasteiger partial charge in [-0.15, -0.1) is 0 Å². The minimum atomic E-state index is -1.38. The summed E-state index contributed by atoms with van der Waals surface area (Å²) < 4.78 is 0.786. The van der Waals surface area contributed by atoms with Crippen LogP contribution >= 0.6 is 0 Å². The van der Waals surface area contributed by atoms with E-state index < -0.39 is 47.3 Å². The van der Waals surface area contributed by atoms with Gasteiger partial charge in [-0.3, -0.25) is 0 Å². The standard InChI is InChI=1S/C32H51AsN6O5/c1-6-24-28(41)37-26(22-11-8-7-9-12-22)30(43)34-18-16-32(4,38-27(40)21(2)3)31(44)36-25(29(42)35-24)13-10-17-33-23-14-19-39(5)20-15-23/h7-9,11-12,21,23-26,33H,6,10,13-20H2,1-5H3,(H,34,43)(H,35,42)(H,36,44)(H,37,41)(H,38,40)/t24-,25-,26+,32+/m0/s1. The van der Waals surface area contributed by atoms with Gasteiger partial charge in [0.2, 0.25) is 0 Å². The molecule has 11 nitrogen and oxygen atoms in total. The van der Waals surface area contributed by atoms with E-state index in [1.165, 1.54) is 12.8 Å². The van der Waals surface area contributed by atoms with E-state index in [1.54, 1.807) is 52.0 Å². The van der Waals surface area contributed by atoms with E-state index in [2.05, 4.69) is 38.5 Å². The molecule has 0 saturated carbocycles. The molecule has 0 radical (unpaired) electrons. The molecule has 1 unspecified atom stereocenters. The summed E-state index contributed by atoms with van der Waals surface area (Å²) in [6.07, 6.45) is 4.05. The number of carbonyl (C=O) groups excluding carboxylic acids is 5. The van der Waals surface area contributed by atoms with Crippen molar-refractivity contribution in [2.24, 2.45) is 5.92 Å². The molecule has 2 heterocycles. The van der Waals surface area contributed by atoms with Crippen molar-refractivity contribution in [1.29, 1.82) is 0 Å². The average Bonchev–Trinajstić information content (AvgIpc) is 3.00. The van der Waals surface area contributed by atoms with Crippen LogP contribution in [-0.4, -0.2) is 94.5 Å². The molecule has 5 amide bonds. The summed E-state index contributed by atoms with van der Waals surface area (Å²) in [5.41, 5.74) is -0.791. The number of nitrogens with one attached hydrogen (secondary N) is 5. The summed E-state index contributed by atoms with van der Waals surface area (Å²) in [5, 5.41) is 15.3. The van der Waals surface area contributed by atoms with Gasteiger partial charge in [0.1, 0.15) is 0 Å². The van der Waals surface area contributed by atoms with Crippen LogP contribution in [0, 0.1) is 5.92 Å². The molecule has 2 aliphatic rings. The Labute approximate surface area is 268 Å². The summed E-state index contributed by atoms with van der Waals surface area (Å²) in [4.78, 5) is 69.3. The predicted octanol–water partition coefficient (Wildman–Crippen LogP) is 1.42.